The first kappa shape index (κ1) is 15.7. The van der Waals surface area contributed by atoms with Crippen LogP contribution in [-0.4, -0.2) is 29.9 Å². The number of aliphatic hydroxyl groups is 1. The van der Waals surface area contributed by atoms with Crippen molar-refractivity contribution in [3.05, 3.63) is 29.3 Å². The number of hydrogen-bond donors (Lipinski definition) is 2. The van der Waals surface area contributed by atoms with Gasteiger partial charge in [-0.1, -0.05) is 36.6 Å². The summed E-state index contributed by atoms with van der Waals surface area (Å²) in [4.78, 5) is 12.8. The van der Waals surface area contributed by atoms with Crippen molar-refractivity contribution in [3.63, 3.8) is 0 Å². The maximum atomic E-state index is 11.9. The number of halogens is 1. The molecule has 0 heterocycles. The molecule has 1 aliphatic carbocycles. The molecule has 2 N–H and O–H groups in total. The van der Waals surface area contributed by atoms with Crippen molar-refractivity contribution < 1.29 is 9.90 Å². The summed E-state index contributed by atoms with van der Waals surface area (Å²) in [5.41, 5.74) is -0.0925. The third-order valence-corrected chi connectivity index (χ3v) is 5.37. The molecule has 0 unspecified atom stereocenters. The van der Waals surface area contributed by atoms with Gasteiger partial charge in [0.25, 0.3) is 0 Å². The Bertz CT molecular complexity index is 461. The Morgan fingerprint density at radius 3 is 2.70 bits per heavy atom. The van der Waals surface area contributed by atoms with Crippen LogP contribution in [0.5, 0.6) is 0 Å². The molecule has 20 heavy (non-hydrogen) atoms. The topological polar surface area (TPSA) is 49.3 Å². The molecule has 1 aliphatic rings. The zero-order chi connectivity index (χ0) is 14.4. The second-order valence-electron chi connectivity index (χ2n) is 5.36. The van der Waals surface area contributed by atoms with E-state index in [0.717, 1.165) is 30.6 Å². The predicted molar refractivity (Wildman–Crippen MR) is 83.2 cm³/mol. The Labute approximate surface area is 129 Å². The van der Waals surface area contributed by atoms with Gasteiger partial charge in [-0.15, -0.1) is 11.8 Å². The average Bonchev–Trinajstić information content (AvgIpc) is 2.94. The van der Waals surface area contributed by atoms with Crippen LogP contribution < -0.4 is 5.32 Å². The Morgan fingerprint density at radius 2 is 2.05 bits per heavy atom. The minimum atomic E-state index is -0.0925. The molecule has 1 saturated carbocycles. The van der Waals surface area contributed by atoms with Gasteiger partial charge in [-0.3, -0.25) is 4.79 Å². The smallest absolute Gasteiger partial charge is 0.230 e. The van der Waals surface area contributed by atoms with Crippen LogP contribution in [0, 0.1) is 5.41 Å². The van der Waals surface area contributed by atoms with Gasteiger partial charge in [-0.2, -0.15) is 0 Å². The third-order valence-electron chi connectivity index (χ3n) is 3.86. The van der Waals surface area contributed by atoms with Crippen LogP contribution >= 0.6 is 23.4 Å². The Hall–Kier alpha value is -0.710. The summed E-state index contributed by atoms with van der Waals surface area (Å²) in [6.07, 6.45) is 4.29. The van der Waals surface area contributed by atoms with Crippen LogP contribution in [0.1, 0.15) is 25.7 Å². The normalized spacial score (nSPS) is 17.1. The van der Waals surface area contributed by atoms with Crippen LogP contribution in [0.25, 0.3) is 0 Å². The van der Waals surface area contributed by atoms with Gasteiger partial charge >= 0.3 is 0 Å². The van der Waals surface area contributed by atoms with Crippen LogP contribution in [0.2, 0.25) is 5.02 Å². The van der Waals surface area contributed by atoms with Gasteiger partial charge in [0.2, 0.25) is 5.91 Å². The molecular formula is C15H20ClNO2S. The van der Waals surface area contributed by atoms with E-state index in [0.29, 0.717) is 17.3 Å². The SMILES string of the molecule is O=C(CSc1ccccc1Cl)NCC1(CO)CCCC1. The summed E-state index contributed by atoms with van der Waals surface area (Å²) in [5, 5.41) is 13.1. The van der Waals surface area contributed by atoms with E-state index >= 15 is 0 Å². The number of rotatable bonds is 6. The van der Waals surface area contributed by atoms with Gasteiger partial charge in [0.15, 0.2) is 0 Å². The van der Waals surface area contributed by atoms with Gasteiger partial charge < -0.3 is 10.4 Å². The van der Waals surface area contributed by atoms with E-state index < -0.39 is 0 Å². The molecule has 1 aromatic rings. The zero-order valence-electron chi connectivity index (χ0n) is 11.4. The fourth-order valence-corrected chi connectivity index (χ4v) is 3.63. The lowest BCUT2D eigenvalue weighted by Gasteiger charge is -2.26. The van der Waals surface area contributed by atoms with E-state index in [9.17, 15) is 9.90 Å². The van der Waals surface area contributed by atoms with Crippen molar-refractivity contribution in [1.82, 2.24) is 5.32 Å². The molecule has 5 heteroatoms. The van der Waals surface area contributed by atoms with E-state index in [1.807, 2.05) is 24.3 Å². The molecule has 1 fully saturated rings. The van der Waals surface area contributed by atoms with Crippen molar-refractivity contribution in [1.29, 1.82) is 0 Å². The maximum absolute atomic E-state index is 11.9. The zero-order valence-corrected chi connectivity index (χ0v) is 13.0. The highest BCUT2D eigenvalue weighted by Crippen LogP contribution is 2.36. The van der Waals surface area contributed by atoms with Gasteiger partial charge in [0.1, 0.15) is 0 Å². The highest BCUT2D eigenvalue weighted by molar-refractivity contribution is 8.00. The standard InChI is InChI=1S/C15H20ClNO2S/c16-12-5-1-2-6-13(12)20-9-14(19)17-10-15(11-18)7-3-4-8-15/h1-2,5-6,18H,3-4,7-11H2,(H,17,19). The second-order valence-corrected chi connectivity index (χ2v) is 6.79. The number of aliphatic hydroxyl groups excluding tert-OH is 1. The van der Waals surface area contributed by atoms with E-state index in [-0.39, 0.29) is 17.9 Å². The molecule has 0 saturated heterocycles. The first-order chi connectivity index (χ1) is 9.65. The number of carbonyl (C=O) groups excluding carboxylic acids is 1. The van der Waals surface area contributed by atoms with Crippen LogP contribution in [-0.2, 0) is 4.79 Å². The van der Waals surface area contributed by atoms with E-state index in [1.54, 1.807) is 0 Å². The average molecular weight is 314 g/mol. The van der Waals surface area contributed by atoms with Crippen LogP contribution in [0.4, 0.5) is 0 Å². The maximum Gasteiger partial charge on any atom is 0.230 e. The third kappa shape index (κ3) is 4.14. The summed E-state index contributed by atoms with van der Waals surface area (Å²) in [6.45, 7) is 0.732. The monoisotopic (exact) mass is 313 g/mol. The molecule has 0 radical (unpaired) electrons. The minimum absolute atomic E-state index is 0.00496. The van der Waals surface area contributed by atoms with Crippen LogP contribution in [0.15, 0.2) is 29.2 Å². The molecular weight excluding hydrogens is 294 g/mol. The predicted octanol–water partition coefficient (Wildman–Crippen LogP) is 3.10. The Morgan fingerprint density at radius 1 is 1.35 bits per heavy atom. The molecule has 2 rings (SSSR count). The molecule has 110 valence electrons. The lowest BCUT2D eigenvalue weighted by atomic mass is 9.87. The van der Waals surface area contributed by atoms with Crippen molar-refractivity contribution >= 4 is 29.3 Å². The largest absolute Gasteiger partial charge is 0.396 e. The summed E-state index contributed by atoms with van der Waals surface area (Å²) in [5.74, 6) is 0.347. The minimum Gasteiger partial charge on any atom is -0.396 e. The molecule has 0 spiro atoms. The number of nitrogens with one attached hydrogen (secondary N) is 1. The summed E-state index contributed by atoms with van der Waals surface area (Å²) >= 11 is 7.49. The fraction of sp³-hybridized carbons (Fsp3) is 0.533. The summed E-state index contributed by atoms with van der Waals surface area (Å²) in [7, 11) is 0. The summed E-state index contributed by atoms with van der Waals surface area (Å²) in [6, 6.07) is 7.51. The highest BCUT2D eigenvalue weighted by Gasteiger charge is 2.33. The first-order valence-electron chi connectivity index (χ1n) is 6.90. The molecule has 0 atom stereocenters. The van der Waals surface area contributed by atoms with Crippen molar-refractivity contribution in [2.24, 2.45) is 5.41 Å². The molecule has 0 aromatic heterocycles. The Balaban J connectivity index is 1.77. The molecule has 0 aliphatic heterocycles. The number of hydrogen-bond acceptors (Lipinski definition) is 3. The number of benzene rings is 1. The Kier molecular flexibility index (Phi) is 5.75. The second kappa shape index (κ2) is 7.34. The van der Waals surface area contributed by atoms with Gasteiger partial charge in [0, 0.05) is 16.9 Å². The van der Waals surface area contributed by atoms with E-state index in [4.69, 9.17) is 11.6 Å². The number of carbonyl (C=O) groups is 1. The lowest BCUT2D eigenvalue weighted by Crippen LogP contribution is -2.39. The highest BCUT2D eigenvalue weighted by atomic mass is 35.5. The van der Waals surface area contributed by atoms with Gasteiger partial charge in [-0.25, -0.2) is 0 Å². The number of thioether (sulfide) groups is 1. The molecule has 0 bridgehead atoms. The van der Waals surface area contributed by atoms with Gasteiger partial charge in [0.05, 0.1) is 17.4 Å². The van der Waals surface area contributed by atoms with Crippen LogP contribution in [0.3, 0.4) is 0 Å². The number of amides is 1. The van der Waals surface area contributed by atoms with E-state index in [2.05, 4.69) is 5.32 Å². The van der Waals surface area contributed by atoms with E-state index in [1.165, 1.54) is 11.8 Å². The first-order valence-corrected chi connectivity index (χ1v) is 8.26. The molecule has 1 aromatic carbocycles. The molecule has 3 nitrogen and oxygen atoms in total. The summed E-state index contributed by atoms with van der Waals surface area (Å²) < 4.78 is 0. The quantitative estimate of drug-likeness (QED) is 0.793. The van der Waals surface area contributed by atoms with Crippen molar-refractivity contribution in [2.75, 3.05) is 18.9 Å². The van der Waals surface area contributed by atoms with Crippen molar-refractivity contribution in [3.8, 4) is 0 Å². The lowest BCUT2D eigenvalue weighted by molar-refractivity contribution is -0.119. The van der Waals surface area contributed by atoms with Gasteiger partial charge in [-0.05, 0) is 25.0 Å². The fourth-order valence-electron chi connectivity index (χ4n) is 2.56. The molecule has 1 amide bonds. The van der Waals surface area contributed by atoms with Crippen molar-refractivity contribution in [2.45, 2.75) is 30.6 Å².